The summed E-state index contributed by atoms with van der Waals surface area (Å²) in [6, 6.07) is 0. The summed E-state index contributed by atoms with van der Waals surface area (Å²) in [4.78, 5) is 0. The van der Waals surface area contributed by atoms with Gasteiger partial charge >= 0.3 is 37.7 Å². The van der Waals surface area contributed by atoms with E-state index in [0.717, 1.165) is 0 Å². The molecule has 0 rings (SSSR count). The molecule has 0 aromatic rings. The SMILES string of the molecule is CC(C)(C)OB([O-])[O-].[Li+].[Li+]. The van der Waals surface area contributed by atoms with Gasteiger partial charge in [-0.25, -0.2) is 0 Å². The van der Waals surface area contributed by atoms with Crippen LogP contribution >= 0.6 is 0 Å². The average Bonchev–Trinajstić information content (AvgIpc) is 1.21. The van der Waals surface area contributed by atoms with Crippen LogP contribution in [0.15, 0.2) is 0 Å². The standard InChI is InChI=1S/C4H9BO3.2Li/c1-4(2,3)8-5(6)7;;/h1-3H3;;/q-2;2*+1. The first kappa shape index (κ1) is 17.3. The van der Waals surface area contributed by atoms with Crippen LogP contribution in [0.2, 0.25) is 0 Å². The maximum atomic E-state index is 9.76. The summed E-state index contributed by atoms with van der Waals surface area (Å²) in [6.07, 6.45) is 0. The Morgan fingerprint density at radius 2 is 1.40 bits per heavy atom. The van der Waals surface area contributed by atoms with Gasteiger partial charge in [-0.3, -0.25) is 0 Å². The van der Waals surface area contributed by atoms with Crippen LogP contribution in [-0.4, -0.2) is 12.9 Å². The number of hydrogen-bond donors (Lipinski definition) is 0. The fraction of sp³-hybridized carbons (Fsp3) is 1.00. The fourth-order valence-electron chi connectivity index (χ4n) is 0.289. The van der Waals surface area contributed by atoms with E-state index in [1.807, 2.05) is 0 Å². The monoisotopic (exact) mass is 130 g/mol. The van der Waals surface area contributed by atoms with Crippen molar-refractivity contribution in [2.75, 3.05) is 0 Å². The molecule has 10 heavy (non-hydrogen) atoms. The molecule has 0 aromatic carbocycles. The third kappa shape index (κ3) is 16.1. The van der Waals surface area contributed by atoms with Crippen molar-refractivity contribution in [1.82, 2.24) is 0 Å². The molecule has 0 aliphatic heterocycles. The van der Waals surface area contributed by atoms with Crippen LogP contribution in [0.5, 0.6) is 0 Å². The molecule has 0 amide bonds. The van der Waals surface area contributed by atoms with Crippen LogP contribution in [-0.2, 0) is 4.65 Å². The molecule has 0 spiro atoms. The summed E-state index contributed by atoms with van der Waals surface area (Å²) in [5.74, 6) is 0. The topological polar surface area (TPSA) is 55.3 Å². The summed E-state index contributed by atoms with van der Waals surface area (Å²) < 4.78 is 4.33. The second-order valence-electron chi connectivity index (χ2n) is 2.52. The molecule has 0 unspecified atom stereocenters. The first-order valence-corrected chi connectivity index (χ1v) is 2.41. The van der Waals surface area contributed by atoms with Crippen LogP contribution in [0.1, 0.15) is 20.8 Å². The molecule has 3 nitrogen and oxygen atoms in total. The predicted octanol–water partition coefficient (Wildman–Crippen LogP) is -7.49. The summed E-state index contributed by atoms with van der Waals surface area (Å²) in [7, 11) is -2.16. The maximum Gasteiger partial charge on any atom is 1.00 e. The Bertz CT molecular complexity index is 73.4. The Morgan fingerprint density at radius 1 is 1.10 bits per heavy atom. The zero-order valence-corrected chi connectivity index (χ0v) is 7.30. The van der Waals surface area contributed by atoms with Gasteiger partial charge in [0.05, 0.1) is 7.32 Å². The molecule has 0 saturated heterocycles. The van der Waals surface area contributed by atoms with E-state index in [0.29, 0.717) is 0 Å². The van der Waals surface area contributed by atoms with Gasteiger partial charge in [0.1, 0.15) is 0 Å². The van der Waals surface area contributed by atoms with Crippen molar-refractivity contribution >= 4 is 7.32 Å². The normalized spacial score (nSPS) is 9.30. The molecule has 0 fully saturated rings. The largest absolute Gasteiger partial charge is 1.00 e. The smallest absolute Gasteiger partial charge is 0.871 e. The molecule has 0 saturated carbocycles. The van der Waals surface area contributed by atoms with E-state index < -0.39 is 12.9 Å². The first-order chi connectivity index (χ1) is 3.42. The van der Waals surface area contributed by atoms with Gasteiger partial charge in [0, 0.05) is 5.60 Å². The third-order valence-corrected chi connectivity index (χ3v) is 0.450. The molecule has 0 bridgehead atoms. The van der Waals surface area contributed by atoms with Crippen molar-refractivity contribution < 1.29 is 52.4 Å². The van der Waals surface area contributed by atoms with Crippen molar-refractivity contribution in [3.8, 4) is 0 Å². The van der Waals surface area contributed by atoms with Gasteiger partial charge in [-0.05, 0) is 20.8 Å². The van der Waals surface area contributed by atoms with Gasteiger partial charge in [-0.2, -0.15) is 0 Å². The minimum Gasteiger partial charge on any atom is -0.871 e. The zero-order chi connectivity index (χ0) is 6.78. The molecular formula is C4H9BLi2O3. The van der Waals surface area contributed by atoms with E-state index >= 15 is 0 Å². The summed E-state index contributed by atoms with van der Waals surface area (Å²) in [5, 5.41) is 19.5. The third-order valence-electron chi connectivity index (χ3n) is 0.450. The van der Waals surface area contributed by atoms with Crippen LogP contribution in [0.4, 0.5) is 0 Å². The Kier molecular flexibility index (Phi) is 11.8. The van der Waals surface area contributed by atoms with Crippen LogP contribution in [0.3, 0.4) is 0 Å². The van der Waals surface area contributed by atoms with Crippen LogP contribution in [0.25, 0.3) is 0 Å². The molecule has 0 atom stereocenters. The number of rotatable bonds is 1. The Hall–Kier alpha value is 1.14. The van der Waals surface area contributed by atoms with E-state index in [2.05, 4.69) is 4.65 Å². The van der Waals surface area contributed by atoms with E-state index in [9.17, 15) is 10.0 Å². The second-order valence-corrected chi connectivity index (χ2v) is 2.52. The molecule has 0 N–H and O–H groups in total. The zero-order valence-electron chi connectivity index (χ0n) is 7.30. The van der Waals surface area contributed by atoms with Gasteiger partial charge in [-0.15, -0.1) is 0 Å². The van der Waals surface area contributed by atoms with Gasteiger partial charge in [0.2, 0.25) is 0 Å². The second kappa shape index (κ2) is 6.83. The summed E-state index contributed by atoms with van der Waals surface area (Å²) in [6.45, 7) is 4.99. The Morgan fingerprint density at radius 3 is 1.40 bits per heavy atom. The molecule has 48 valence electrons. The molecule has 0 radical (unpaired) electrons. The van der Waals surface area contributed by atoms with Crippen molar-refractivity contribution in [2.45, 2.75) is 26.4 Å². The van der Waals surface area contributed by atoms with Crippen molar-refractivity contribution in [3.05, 3.63) is 0 Å². The minimum absolute atomic E-state index is 0. The van der Waals surface area contributed by atoms with Crippen molar-refractivity contribution in [2.24, 2.45) is 0 Å². The fourth-order valence-corrected chi connectivity index (χ4v) is 0.289. The molecule has 0 aliphatic carbocycles. The first-order valence-electron chi connectivity index (χ1n) is 2.41. The average molecular weight is 130 g/mol. The quantitative estimate of drug-likeness (QED) is 0.331. The van der Waals surface area contributed by atoms with Crippen LogP contribution in [0, 0.1) is 0 Å². The predicted molar refractivity (Wildman–Crippen MR) is 26.6 cm³/mol. The van der Waals surface area contributed by atoms with Crippen LogP contribution < -0.4 is 47.8 Å². The summed E-state index contributed by atoms with van der Waals surface area (Å²) >= 11 is 0. The molecule has 0 heterocycles. The molecule has 6 heteroatoms. The summed E-state index contributed by atoms with van der Waals surface area (Å²) in [5.41, 5.74) is -0.603. The van der Waals surface area contributed by atoms with E-state index in [4.69, 9.17) is 0 Å². The molecule has 0 aromatic heterocycles. The van der Waals surface area contributed by atoms with Crippen molar-refractivity contribution in [3.63, 3.8) is 0 Å². The van der Waals surface area contributed by atoms with Gasteiger partial charge in [0.15, 0.2) is 0 Å². The maximum absolute atomic E-state index is 9.76. The van der Waals surface area contributed by atoms with Gasteiger partial charge in [0.25, 0.3) is 0 Å². The Labute approximate surface area is 86.1 Å². The van der Waals surface area contributed by atoms with E-state index in [-0.39, 0.29) is 37.7 Å². The number of hydrogen-bond acceptors (Lipinski definition) is 3. The minimum atomic E-state index is -2.16. The van der Waals surface area contributed by atoms with Gasteiger partial charge < -0.3 is 14.7 Å². The van der Waals surface area contributed by atoms with E-state index in [1.165, 1.54) is 0 Å². The molecular weight excluding hydrogens is 121 g/mol. The Balaban J connectivity index is -0.000000245. The van der Waals surface area contributed by atoms with Crippen molar-refractivity contribution in [1.29, 1.82) is 0 Å². The molecule has 0 aliphatic rings. The van der Waals surface area contributed by atoms with E-state index in [1.54, 1.807) is 20.8 Å². The van der Waals surface area contributed by atoms with Gasteiger partial charge in [-0.1, -0.05) is 0 Å².